The van der Waals surface area contributed by atoms with Gasteiger partial charge in [0.25, 0.3) is 5.91 Å². The summed E-state index contributed by atoms with van der Waals surface area (Å²) in [4.78, 5) is 26.2. The van der Waals surface area contributed by atoms with Gasteiger partial charge in [0.2, 0.25) is 0 Å². The summed E-state index contributed by atoms with van der Waals surface area (Å²) in [5, 5.41) is 12.5. The number of hydrogen-bond acceptors (Lipinski definition) is 6. The molecule has 0 atom stereocenters. The van der Waals surface area contributed by atoms with E-state index in [0.29, 0.717) is 22.1 Å². The number of ether oxygens (including phenoxy) is 1. The number of furan rings is 1. The average Bonchev–Trinajstić information content (AvgIpc) is 3.22. The molecule has 0 radical (unpaired) electrons. The second kappa shape index (κ2) is 8.23. The van der Waals surface area contributed by atoms with Crippen molar-refractivity contribution >= 4 is 34.3 Å². The molecule has 0 spiro atoms. The number of nitrogens with one attached hydrogen (secondary N) is 1. The summed E-state index contributed by atoms with van der Waals surface area (Å²) < 4.78 is 10.6. The Morgan fingerprint density at radius 2 is 2.15 bits per heavy atom. The van der Waals surface area contributed by atoms with Gasteiger partial charge in [0, 0.05) is 11.0 Å². The molecular weight excluding hydrogens is 364 g/mol. The number of nitriles is 1. The third kappa shape index (κ3) is 4.12. The fourth-order valence-corrected chi connectivity index (χ4v) is 4.34. The van der Waals surface area contributed by atoms with E-state index in [1.807, 2.05) is 6.07 Å². The molecule has 0 fully saturated rings. The van der Waals surface area contributed by atoms with Gasteiger partial charge >= 0.3 is 5.97 Å². The molecule has 0 saturated carbocycles. The van der Waals surface area contributed by atoms with E-state index in [0.717, 1.165) is 36.1 Å². The fraction of sp³-hybridized carbons (Fsp3) is 0.350. The normalized spacial score (nSPS) is 13.6. The van der Waals surface area contributed by atoms with E-state index in [2.05, 4.69) is 5.32 Å². The highest BCUT2D eigenvalue weighted by Crippen LogP contribution is 2.38. The predicted molar refractivity (Wildman–Crippen MR) is 103 cm³/mol. The van der Waals surface area contributed by atoms with Crippen molar-refractivity contribution in [1.29, 1.82) is 5.26 Å². The molecule has 1 aliphatic rings. The van der Waals surface area contributed by atoms with Crippen molar-refractivity contribution in [3.8, 4) is 6.07 Å². The van der Waals surface area contributed by atoms with E-state index in [4.69, 9.17) is 9.15 Å². The van der Waals surface area contributed by atoms with Gasteiger partial charge in [-0.2, -0.15) is 5.26 Å². The first-order valence-electron chi connectivity index (χ1n) is 8.84. The third-order valence-electron chi connectivity index (χ3n) is 4.29. The number of fused-ring (bicyclic) bond motifs is 1. The van der Waals surface area contributed by atoms with Crippen molar-refractivity contribution in [2.75, 3.05) is 11.9 Å². The molecular formula is C20H20N2O4S. The number of nitrogens with zero attached hydrogens (tertiary/aromatic N) is 1. The Balaban J connectivity index is 1.91. The van der Waals surface area contributed by atoms with E-state index in [-0.39, 0.29) is 12.2 Å². The third-order valence-corrected chi connectivity index (χ3v) is 5.50. The second-order valence-electron chi connectivity index (χ2n) is 6.21. The lowest BCUT2D eigenvalue weighted by atomic mass is 9.95. The van der Waals surface area contributed by atoms with Crippen molar-refractivity contribution in [3.05, 3.63) is 45.2 Å². The van der Waals surface area contributed by atoms with Crippen molar-refractivity contribution in [1.82, 2.24) is 0 Å². The lowest BCUT2D eigenvalue weighted by Crippen LogP contribution is -2.16. The Labute approximate surface area is 161 Å². The van der Waals surface area contributed by atoms with Gasteiger partial charge < -0.3 is 14.5 Å². The minimum absolute atomic E-state index is 0.0921. The number of thiophene rings is 1. The minimum atomic E-state index is -0.573. The summed E-state index contributed by atoms with van der Waals surface area (Å²) in [6, 6.07) is 5.34. The van der Waals surface area contributed by atoms with Gasteiger partial charge in [-0.25, -0.2) is 4.79 Å². The van der Waals surface area contributed by atoms with Crippen molar-refractivity contribution in [2.45, 2.75) is 39.5 Å². The maximum Gasteiger partial charge on any atom is 0.341 e. The van der Waals surface area contributed by atoms with Crippen LogP contribution >= 0.6 is 11.3 Å². The maximum absolute atomic E-state index is 12.6. The molecule has 1 aliphatic carbocycles. The topological polar surface area (TPSA) is 92.3 Å². The Morgan fingerprint density at radius 1 is 1.37 bits per heavy atom. The molecule has 3 rings (SSSR count). The number of aryl methyl sites for hydroxylation is 2. The molecule has 2 aromatic heterocycles. The standard InChI is InChI=1S/C20H20N2O4S/c1-3-25-20(24)17-15-6-4-5-7-16(15)27-19(17)22-18(23)13(11-21)10-14-9-8-12(2)26-14/h8-10H,3-7H2,1-2H3,(H,22,23). The van der Waals surface area contributed by atoms with Crippen LogP contribution < -0.4 is 5.32 Å². The number of esters is 1. The van der Waals surface area contributed by atoms with Gasteiger partial charge in [-0.3, -0.25) is 4.79 Å². The zero-order valence-electron chi connectivity index (χ0n) is 15.3. The molecule has 27 heavy (non-hydrogen) atoms. The number of amides is 1. The SMILES string of the molecule is CCOC(=O)c1c(NC(=O)C(C#N)=Cc2ccc(C)o2)sc2c1CCCC2. The van der Waals surface area contributed by atoms with Crippen LogP contribution in [0.3, 0.4) is 0 Å². The van der Waals surface area contributed by atoms with E-state index in [1.54, 1.807) is 26.0 Å². The first kappa shape index (κ1) is 18.9. The fourth-order valence-electron chi connectivity index (χ4n) is 3.07. The average molecular weight is 384 g/mol. The van der Waals surface area contributed by atoms with Crippen molar-refractivity contribution in [3.63, 3.8) is 0 Å². The van der Waals surface area contributed by atoms with Crippen LogP contribution in [0.2, 0.25) is 0 Å². The zero-order chi connectivity index (χ0) is 19.4. The van der Waals surface area contributed by atoms with Crippen LogP contribution in [0.25, 0.3) is 6.08 Å². The van der Waals surface area contributed by atoms with E-state index in [9.17, 15) is 14.9 Å². The van der Waals surface area contributed by atoms with Gasteiger partial charge in [0.05, 0.1) is 12.2 Å². The quantitative estimate of drug-likeness (QED) is 0.473. The van der Waals surface area contributed by atoms with Gasteiger partial charge in [-0.1, -0.05) is 0 Å². The second-order valence-corrected chi connectivity index (χ2v) is 7.31. The van der Waals surface area contributed by atoms with Crippen LogP contribution in [0.1, 0.15) is 52.1 Å². The molecule has 2 aromatic rings. The molecule has 0 aliphatic heterocycles. The highest BCUT2D eigenvalue weighted by Gasteiger charge is 2.27. The number of hydrogen-bond donors (Lipinski definition) is 1. The summed E-state index contributed by atoms with van der Waals surface area (Å²) in [7, 11) is 0. The molecule has 1 amide bonds. The Hall–Kier alpha value is -2.85. The molecule has 140 valence electrons. The Morgan fingerprint density at radius 3 is 2.81 bits per heavy atom. The monoisotopic (exact) mass is 384 g/mol. The molecule has 7 heteroatoms. The van der Waals surface area contributed by atoms with Crippen LogP contribution in [0, 0.1) is 18.3 Å². The molecule has 0 bridgehead atoms. The highest BCUT2D eigenvalue weighted by atomic mass is 32.1. The van der Waals surface area contributed by atoms with E-state index < -0.39 is 11.9 Å². The lowest BCUT2D eigenvalue weighted by Gasteiger charge is -2.12. The van der Waals surface area contributed by atoms with Crippen molar-refractivity contribution in [2.24, 2.45) is 0 Å². The van der Waals surface area contributed by atoms with Gasteiger partial charge in [-0.05, 0) is 57.2 Å². The first-order chi connectivity index (χ1) is 13.0. The van der Waals surface area contributed by atoms with Gasteiger partial charge in [-0.15, -0.1) is 11.3 Å². The first-order valence-corrected chi connectivity index (χ1v) is 9.66. The van der Waals surface area contributed by atoms with Crippen LogP contribution in [0.5, 0.6) is 0 Å². The van der Waals surface area contributed by atoms with Crippen LogP contribution in [-0.2, 0) is 22.4 Å². The molecule has 6 nitrogen and oxygen atoms in total. The number of rotatable bonds is 5. The van der Waals surface area contributed by atoms with Crippen LogP contribution in [-0.4, -0.2) is 18.5 Å². The largest absolute Gasteiger partial charge is 0.462 e. The maximum atomic E-state index is 12.6. The lowest BCUT2D eigenvalue weighted by molar-refractivity contribution is -0.112. The summed E-state index contributed by atoms with van der Waals surface area (Å²) in [5.74, 6) is 0.108. The number of carbonyl (C=O) groups excluding carboxylic acids is 2. The number of anilines is 1. The Bertz CT molecular complexity index is 946. The smallest absolute Gasteiger partial charge is 0.341 e. The van der Waals surface area contributed by atoms with Gasteiger partial charge in [0.1, 0.15) is 28.2 Å². The summed E-state index contributed by atoms with van der Waals surface area (Å²) in [6.45, 7) is 3.79. The minimum Gasteiger partial charge on any atom is -0.462 e. The van der Waals surface area contributed by atoms with Crippen LogP contribution in [0.15, 0.2) is 22.1 Å². The van der Waals surface area contributed by atoms with Crippen molar-refractivity contribution < 1.29 is 18.7 Å². The van der Waals surface area contributed by atoms with E-state index >= 15 is 0 Å². The predicted octanol–water partition coefficient (Wildman–Crippen LogP) is 4.25. The molecule has 1 N–H and O–H groups in total. The molecule has 2 heterocycles. The Kier molecular flexibility index (Phi) is 5.77. The highest BCUT2D eigenvalue weighted by molar-refractivity contribution is 7.17. The van der Waals surface area contributed by atoms with Gasteiger partial charge in [0.15, 0.2) is 0 Å². The summed E-state index contributed by atoms with van der Waals surface area (Å²) in [6.07, 6.45) is 5.13. The van der Waals surface area contributed by atoms with E-state index in [1.165, 1.54) is 17.4 Å². The zero-order valence-corrected chi connectivity index (χ0v) is 16.1. The summed E-state index contributed by atoms with van der Waals surface area (Å²) >= 11 is 1.39. The van der Waals surface area contributed by atoms with Crippen LogP contribution in [0.4, 0.5) is 5.00 Å². The summed E-state index contributed by atoms with van der Waals surface area (Å²) in [5.41, 5.74) is 1.30. The number of carbonyl (C=O) groups is 2. The molecule has 0 aromatic carbocycles. The molecule has 0 saturated heterocycles. The molecule has 0 unspecified atom stereocenters.